The lowest BCUT2D eigenvalue weighted by Gasteiger charge is -2.23. The van der Waals surface area contributed by atoms with E-state index in [0.29, 0.717) is 0 Å². The van der Waals surface area contributed by atoms with Gasteiger partial charge in [-0.25, -0.2) is 8.42 Å². The van der Waals surface area contributed by atoms with Crippen LogP contribution in [-0.4, -0.2) is 33.7 Å². The van der Waals surface area contributed by atoms with Crippen LogP contribution in [0.3, 0.4) is 0 Å². The quantitative estimate of drug-likeness (QED) is 0.863. The topological polar surface area (TPSA) is 66.5 Å². The van der Waals surface area contributed by atoms with Crippen LogP contribution in [0.4, 0.5) is 18.9 Å². The number of hydrogen-bond donors (Lipinski definition) is 1. The number of amides is 1. The predicted octanol–water partition coefficient (Wildman–Crippen LogP) is 2.00. The molecule has 0 bridgehead atoms. The number of benzene rings is 1. The average molecular weight is 338 g/mol. The molecule has 0 saturated carbocycles. The maximum Gasteiger partial charge on any atom is 0.416 e. The Morgan fingerprint density at radius 1 is 1.32 bits per heavy atom. The van der Waals surface area contributed by atoms with Crippen molar-refractivity contribution in [1.29, 1.82) is 0 Å². The molecule has 5 nitrogen and oxygen atoms in total. The number of sulfonamides is 1. The Labute approximate surface area is 127 Å². The number of alkyl halides is 3. The number of carbonyl (C=O) groups is 1. The van der Waals surface area contributed by atoms with Crippen molar-refractivity contribution >= 4 is 21.6 Å². The molecule has 0 saturated heterocycles. The Hall–Kier alpha value is -1.77. The summed E-state index contributed by atoms with van der Waals surface area (Å²) in [6.45, 7) is 1.50. The van der Waals surface area contributed by atoms with E-state index in [9.17, 15) is 26.4 Å². The predicted molar refractivity (Wildman–Crippen MR) is 76.9 cm³/mol. The highest BCUT2D eigenvalue weighted by Crippen LogP contribution is 2.32. The average Bonchev–Trinajstić information content (AvgIpc) is 2.41. The number of carbonyl (C=O) groups excluding carboxylic acids is 1. The second kappa shape index (κ2) is 6.99. The summed E-state index contributed by atoms with van der Waals surface area (Å²) >= 11 is 0. The molecule has 1 amide bonds. The zero-order valence-electron chi connectivity index (χ0n) is 12.1. The zero-order chi connectivity index (χ0) is 17.0. The number of nitrogens with one attached hydrogen (secondary N) is 1. The molecule has 22 heavy (non-hydrogen) atoms. The van der Waals surface area contributed by atoms with Crippen molar-refractivity contribution in [3.63, 3.8) is 0 Å². The Morgan fingerprint density at radius 3 is 2.45 bits per heavy atom. The van der Waals surface area contributed by atoms with Crippen LogP contribution in [-0.2, 0) is 21.0 Å². The first-order valence-corrected chi connectivity index (χ1v) is 8.32. The van der Waals surface area contributed by atoms with E-state index in [-0.39, 0.29) is 31.1 Å². The van der Waals surface area contributed by atoms with Crippen molar-refractivity contribution in [3.8, 4) is 0 Å². The van der Waals surface area contributed by atoms with Gasteiger partial charge in [0.1, 0.15) is 0 Å². The first kappa shape index (κ1) is 18.3. The second-order valence-corrected chi connectivity index (χ2v) is 6.49. The smallest absolute Gasteiger partial charge is 0.354 e. The summed E-state index contributed by atoms with van der Waals surface area (Å²) in [7, 11) is -3.77. The van der Waals surface area contributed by atoms with Crippen LogP contribution in [0.1, 0.15) is 18.9 Å². The van der Waals surface area contributed by atoms with Crippen LogP contribution in [0, 0.1) is 0 Å². The first-order chi connectivity index (χ1) is 10.1. The van der Waals surface area contributed by atoms with Crippen molar-refractivity contribution in [3.05, 3.63) is 29.8 Å². The van der Waals surface area contributed by atoms with E-state index in [1.165, 1.54) is 6.07 Å². The molecule has 0 unspecified atom stereocenters. The maximum atomic E-state index is 12.7. The monoisotopic (exact) mass is 338 g/mol. The van der Waals surface area contributed by atoms with Gasteiger partial charge in [0.15, 0.2) is 0 Å². The summed E-state index contributed by atoms with van der Waals surface area (Å²) in [5.41, 5.74) is -1.03. The molecule has 0 radical (unpaired) electrons. The highest BCUT2D eigenvalue weighted by Gasteiger charge is 2.31. The van der Waals surface area contributed by atoms with Crippen LogP contribution >= 0.6 is 0 Å². The van der Waals surface area contributed by atoms with Crippen LogP contribution in [0.5, 0.6) is 0 Å². The molecule has 1 aromatic carbocycles. The van der Waals surface area contributed by atoms with Gasteiger partial charge in [-0.3, -0.25) is 9.10 Å². The van der Waals surface area contributed by atoms with E-state index in [4.69, 9.17) is 0 Å². The molecule has 0 aromatic heterocycles. The number of nitrogens with zero attached hydrogens (tertiary/aromatic N) is 1. The Morgan fingerprint density at radius 2 is 1.95 bits per heavy atom. The van der Waals surface area contributed by atoms with Gasteiger partial charge in [0, 0.05) is 13.0 Å². The molecule has 1 N–H and O–H groups in total. The Kier molecular flexibility index (Phi) is 5.81. The Bertz CT molecular complexity index is 630. The van der Waals surface area contributed by atoms with Gasteiger partial charge in [0.2, 0.25) is 15.9 Å². The third-order valence-electron chi connectivity index (χ3n) is 2.82. The standard InChI is InChI=1S/C13H17F3N2O3S/c1-3-12(19)17-7-8-18(22(2,20)21)11-6-4-5-10(9-11)13(14,15)16/h4-6,9H,3,7-8H2,1-2H3,(H,17,19). The minimum Gasteiger partial charge on any atom is -0.354 e. The van der Waals surface area contributed by atoms with Gasteiger partial charge < -0.3 is 5.32 Å². The molecule has 0 atom stereocenters. The van der Waals surface area contributed by atoms with Crippen molar-refractivity contribution in [2.24, 2.45) is 0 Å². The summed E-state index contributed by atoms with van der Waals surface area (Å²) in [6.07, 6.45) is -3.42. The van der Waals surface area contributed by atoms with Gasteiger partial charge in [0.25, 0.3) is 0 Å². The SMILES string of the molecule is CCC(=O)NCCN(c1cccc(C(F)(F)F)c1)S(C)(=O)=O. The number of halogens is 3. The summed E-state index contributed by atoms with van der Waals surface area (Å²) in [4.78, 5) is 11.1. The van der Waals surface area contributed by atoms with E-state index < -0.39 is 21.8 Å². The molecule has 9 heteroatoms. The van der Waals surface area contributed by atoms with Crippen molar-refractivity contribution in [2.75, 3.05) is 23.7 Å². The third-order valence-corrected chi connectivity index (χ3v) is 4.01. The van der Waals surface area contributed by atoms with Crippen molar-refractivity contribution < 1.29 is 26.4 Å². The highest BCUT2D eigenvalue weighted by atomic mass is 32.2. The van der Waals surface area contributed by atoms with Gasteiger partial charge in [-0.15, -0.1) is 0 Å². The lowest BCUT2D eigenvalue weighted by atomic mass is 10.2. The number of hydrogen-bond acceptors (Lipinski definition) is 3. The fraction of sp³-hybridized carbons (Fsp3) is 0.462. The number of anilines is 1. The van der Waals surface area contributed by atoms with Gasteiger partial charge in [0.05, 0.1) is 24.1 Å². The molecule has 0 aliphatic carbocycles. The van der Waals surface area contributed by atoms with E-state index in [1.54, 1.807) is 6.92 Å². The normalized spacial score (nSPS) is 12.0. The first-order valence-electron chi connectivity index (χ1n) is 6.47. The van der Waals surface area contributed by atoms with Gasteiger partial charge in [-0.05, 0) is 18.2 Å². The fourth-order valence-electron chi connectivity index (χ4n) is 1.75. The molecule has 1 rings (SSSR count). The summed E-state index contributed by atoms with van der Waals surface area (Å²) < 4.78 is 62.5. The zero-order valence-corrected chi connectivity index (χ0v) is 13.0. The molecule has 124 valence electrons. The third kappa shape index (κ3) is 5.21. The Balaban J connectivity index is 3.01. The molecule has 0 fully saturated rings. The molecule has 0 aliphatic rings. The minimum absolute atomic E-state index is 0.00991. The second-order valence-electron chi connectivity index (χ2n) is 4.59. The highest BCUT2D eigenvalue weighted by molar-refractivity contribution is 7.92. The van der Waals surface area contributed by atoms with Crippen LogP contribution < -0.4 is 9.62 Å². The van der Waals surface area contributed by atoms with Crippen molar-refractivity contribution in [2.45, 2.75) is 19.5 Å². The van der Waals surface area contributed by atoms with Gasteiger partial charge in [-0.1, -0.05) is 13.0 Å². The molecule has 0 heterocycles. The molecular weight excluding hydrogens is 321 g/mol. The van der Waals surface area contributed by atoms with Crippen molar-refractivity contribution in [1.82, 2.24) is 5.32 Å². The molecule has 0 aliphatic heterocycles. The minimum atomic E-state index is -4.56. The van der Waals surface area contributed by atoms with Gasteiger partial charge in [-0.2, -0.15) is 13.2 Å². The molecule has 0 spiro atoms. The fourth-order valence-corrected chi connectivity index (χ4v) is 2.67. The van der Waals surface area contributed by atoms with E-state index in [1.807, 2.05) is 0 Å². The lowest BCUT2D eigenvalue weighted by molar-refractivity contribution is -0.137. The lowest BCUT2D eigenvalue weighted by Crippen LogP contribution is -2.38. The van der Waals surface area contributed by atoms with E-state index in [0.717, 1.165) is 28.8 Å². The summed E-state index contributed by atoms with van der Waals surface area (Å²) in [6, 6.07) is 4.05. The van der Waals surface area contributed by atoms with Gasteiger partial charge >= 0.3 is 6.18 Å². The summed E-state index contributed by atoms with van der Waals surface area (Å²) in [5, 5.41) is 2.48. The van der Waals surface area contributed by atoms with Crippen LogP contribution in [0.25, 0.3) is 0 Å². The van der Waals surface area contributed by atoms with Crippen LogP contribution in [0.2, 0.25) is 0 Å². The van der Waals surface area contributed by atoms with E-state index in [2.05, 4.69) is 5.32 Å². The van der Waals surface area contributed by atoms with Crippen LogP contribution in [0.15, 0.2) is 24.3 Å². The number of rotatable bonds is 6. The largest absolute Gasteiger partial charge is 0.416 e. The molecule has 1 aromatic rings. The maximum absolute atomic E-state index is 12.7. The van der Waals surface area contributed by atoms with E-state index >= 15 is 0 Å². The molecular formula is C13H17F3N2O3S. The summed E-state index contributed by atoms with van der Waals surface area (Å²) in [5.74, 6) is -0.266.